The van der Waals surface area contributed by atoms with E-state index >= 15 is 0 Å². The molecule has 158 valence electrons. The summed E-state index contributed by atoms with van der Waals surface area (Å²) in [6, 6.07) is 4.65. The Hall–Kier alpha value is -1.64. The molecule has 7 nitrogen and oxygen atoms in total. The molecule has 1 aliphatic heterocycles. The zero-order chi connectivity index (χ0) is 20.0. The molecule has 2 rings (SSSR count). The van der Waals surface area contributed by atoms with Crippen LogP contribution in [-0.2, 0) is 14.3 Å². The minimum absolute atomic E-state index is 0.122. The summed E-state index contributed by atoms with van der Waals surface area (Å²) in [5.74, 6) is 0.715. The molecule has 0 aliphatic carbocycles. The molecule has 0 radical (unpaired) electrons. The number of methoxy groups -OCH3 is 1. The van der Waals surface area contributed by atoms with Gasteiger partial charge in [-0.3, -0.25) is 14.7 Å². The maximum absolute atomic E-state index is 11.1. The molecule has 1 unspecified atom stereocenters. The van der Waals surface area contributed by atoms with Crippen LogP contribution in [0.4, 0.5) is 0 Å². The number of hydrogen-bond donors (Lipinski definition) is 2. The second-order valence-electron chi connectivity index (χ2n) is 6.80. The van der Waals surface area contributed by atoms with Crippen molar-refractivity contribution in [2.45, 2.75) is 38.1 Å². The lowest BCUT2D eigenvalue weighted by atomic mass is 10.1. The van der Waals surface area contributed by atoms with Crippen molar-refractivity contribution in [1.82, 2.24) is 15.5 Å². The van der Waals surface area contributed by atoms with Crippen LogP contribution in [0.2, 0.25) is 0 Å². The van der Waals surface area contributed by atoms with Crippen LogP contribution in [0.5, 0.6) is 0 Å². The first-order valence-electron chi connectivity index (χ1n) is 10.1. The highest BCUT2D eigenvalue weighted by Gasteiger charge is 2.23. The highest BCUT2D eigenvalue weighted by molar-refractivity contribution is 7.10. The number of carbonyl (C=O) groups excluding carboxylic acids is 1. The molecule has 2 heterocycles. The van der Waals surface area contributed by atoms with Gasteiger partial charge in [0.15, 0.2) is 5.96 Å². The van der Waals surface area contributed by atoms with Crippen LogP contribution in [0.1, 0.15) is 43.0 Å². The SMILES string of the molecule is CN=C(NCCCCCCC(=O)OC)NCC(c1cccs1)N1CCOCC1. The van der Waals surface area contributed by atoms with Crippen molar-refractivity contribution in [3.8, 4) is 0 Å². The first-order valence-corrected chi connectivity index (χ1v) is 11.0. The van der Waals surface area contributed by atoms with E-state index in [-0.39, 0.29) is 5.97 Å². The molecule has 28 heavy (non-hydrogen) atoms. The van der Waals surface area contributed by atoms with Crippen LogP contribution in [0, 0.1) is 0 Å². The normalized spacial score (nSPS) is 16.6. The van der Waals surface area contributed by atoms with Crippen molar-refractivity contribution in [3.63, 3.8) is 0 Å². The summed E-state index contributed by atoms with van der Waals surface area (Å²) in [7, 11) is 3.24. The topological polar surface area (TPSA) is 75.2 Å². The lowest BCUT2D eigenvalue weighted by molar-refractivity contribution is -0.140. The third-order valence-electron chi connectivity index (χ3n) is 4.87. The van der Waals surface area contributed by atoms with Gasteiger partial charge in [-0.25, -0.2) is 0 Å². The van der Waals surface area contributed by atoms with Crippen molar-refractivity contribution in [2.24, 2.45) is 4.99 Å². The van der Waals surface area contributed by atoms with E-state index in [9.17, 15) is 4.79 Å². The Morgan fingerprint density at radius 3 is 2.75 bits per heavy atom. The van der Waals surface area contributed by atoms with Crippen LogP contribution < -0.4 is 10.6 Å². The highest BCUT2D eigenvalue weighted by atomic mass is 32.1. The van der Waals surface area contributed by atoms with Gasteiger partial charge in [-0.05, 0) is 24.3 Å². The van der Waals surface area contributed by atoms with E-state index in [1.165, 1.54) is 12.0 Å². The van der Waals surface area contributed by atoms with E-state index in [1.54, 1.807) is 18.4 Å². The maximum atomic E-state index is 11.1. The molecule has 1 fully saturated rings. The molecule has 1 aromatic rings. The first kappa shape index (κ1) is 22.6. The molecule has 0 bridgehead atoms. The van der Waals surface area contributed by atoms with Crippen molar-refractivity contribution >= 4 is 23.3 Å². The van der Waals surface area contributed by atoms with E-state index in [2.05, 4.69) is 42.8 Å². The van der Waals surface area contributed by atoms with Gasteiger partial charge in [-0.1, -0.05) is 18.9 Å². The monoisotopic (exact) mass is 410 g/mol. The molecule has 0 amide bonds. The molecule has 1 aliphatic rings. The summed E-state index contributed by atoms with van der Waals surface area (Å²) in [5, 5.41) is 9.01. The summed E-state index contributed by atoms with van der Waals surface area (Å²) in [6.07, 6.45) is 4.59. The fourth-order valence-corrected chi connectivity index (χ4v) is 4.11. The average molecular weight is 411 g/mol. The van der Waals surface area contributed by atoms with E-state index in [0.717, 1.165) is 71.0 Å². The zero-order valence-corrected chi connectivity index (χ0v) is 17.9. The summed E-state index contributed by atoms with van der Waals surface area (Å²) < 4.78 is 10.2. The largest absolute Gasteiger partial charge is 0.469 e. The quantitative estimate of drug-likeness (QED) is 0.253. The molecular weight excluding hydrogens is 376 g/mol. The Kier molecular flexibility index (Phi) is 10.9. The Balaban J connectivity index is 1.68. The lowest BCUT2D eigenvalue weighted by Crippen LogP contribution is -2.46. The zero-order valence-electron chi connectivity index (χ0n) is 17.1. The van der Waals surface area contributed by atoms with Gasteiger partial charge in [0.1, 0.15) is 0 Å². The van der Waals surface area contributed by atoms with Gasteiger partial charge in [0, 0.05) is 44.5 Å². The van der Waals surface area contributed by atoms with E-state index < -0.39 is 0 Å². The Morgan fingerprint density at radius 2 is 2.07 bits per heavy atom. The number of nitrogens with one attached hydrogen (secondary N) is 2. The standard InChI is InChI=1S/C20H34N4O3S/c1-21-20(22-10-6-4-3-5-9-19(25)26-2)23-16-17(18-8-7-15-28-18)24-11-13-27-14-12-24/h7-8,15,17H,3-6,9-14,16H2,1-2H3,(H2,21,22,23). The van der Waals surface area contributed by atoms with E-state index in [4.69, 9.17) is 4.74 Å². The average Bonchev–Trinajstić information content (AvgIpc) is 3.26. The number of guanidine groups is 1. The van der Waals surface area contributed by atoms with Crippen molar-refractivity contribution in [1.29, 1.82) is 0 Å². The van der Waals surface area contributed by atoms with Crippen LogP contribution in [0.15, 0.2) is 22.5 Å². The number of unbranched alkanes of at least 4 members (excludes halogenated alkanes) is 3. The molecule has 8 heteroatoms. The predicted molar refractivity (Wildman–Crippen MR) is 114 cm³/mol. The molecule has 0 spiro atoms. The van der Waals surface area contributed by atoms with Crippen LogP contribution in [0.3, 0.4) is 0 Å². The first-order chi connectivity index (χ1) is 13.7. The van der Waals surface area contributed by atoms with Gasteiger partial charge in [0.2, 0.25) is 0 Å². The van der Waals surface area contributed by atoms with Gasteiger partial charge in [-0.15, -0.1) is 11.3 Å². The van der Waals surface area contributed by atoms with Gasteiger partial charge in [-0.2, -0.15) is 0 Å². The van der Waals surface area contributed by atoms with Crippen LogP contribution in [0.25, 0.3) is 0 Å². The second-order valence-corrected chi connectivity index (χ2v) is 7.78. The Morgan fingerprint density at radius 1 is 1.29 bits per heavy atom. The molecule has 0 aromatic carbocycles. The molecule has 1 saturated heterocycles. The van der Waals surface area contributed by atoms with Gasteiger partial charge >= 0.3 is 5.97 Å². The minimum atomic E-state index is -0.122. The van der Waals surface area contributed by atoms with Gasteiger partial charge < -0.3 is 20.1 Å². The van der Waals surface area contributed by atoms with Crippen molar-refractivity contribution < 1.29 is 14.3 Å². The fraction of sp³-hybridized carbons (Fsp3) is 0.700. The highest BCUT2D eigenvalue weighted by Crippen LogP contribution is 2.25. The number of thiophene rings is 1. The van der Waals surface area contributed by atoms with Crippen LogP contribution >= 0.6 is 11.3 Å². The fourth-order valence-electron chi connectivity index (χ4n) is 3.25. The van der Waals surface area contributed by atoms with Crippen molar-refractivity contribution in [2.75, 3.05) is 53.6 Å². The lowest BCUT2D eigenvalue weighted by Gasteiger charge is -2.34. The van der Waals surface area contributed by atoms with Gasteiger partial charge in [0.05, 0.1) is 26.4 Å². The maximum Gasteiger partial charge on any atom is 0.305 e. The smallest absolute Gasteiger partial charge is 0.305 e. The number of rotatable bonds is 11. The third kappa shape index (κ3) is 8.16. The number of carbonyl (C=O) groups is 1. The predicted octanol–water partition coefficient (Wildman–Crippen LogP) is 2.41. The summed E-state index contributed by atoms with van der Waals surface area (Å²) in [4.78, 5) is 19.3. The van der Waals surface area contributed by atoms with Crippen LogP contribution in [-0.4, -0.2) is 70.4 Å². The van der Waals surface area contributed by atoms with Gasteiger partial charge in [0.25, 0.3) is 0 Å². The molecule has 1 atom stereocenters. The summed E-state index contributed by atoms with van der Waals surface area (Å²) >= 11 is 1.80. The number of aliphatic imine (C=N–C) groups is 1. The Bertz CT molecular complexity index is 574. The molecular formula is C20H34N4O3S. The third-order valence-corrected chi connectivity index (χ3v) is 5.85. The van der Waals surface area contributed by atoms with Crippen molar-refractivity contribution in [3.05, 3.63) is 22.4 Å². The number of morpholine rings is 1. The molecule has 2 N–H and O–H groups in total. The number of nitrogens with zero attached hydrogens (tertiary/aromatic N) is 2. The summed E-state index contributed by atoms with van der Waals surface area (Å²) in [5.41, 5.74) is 0. The number of hydrogen-bond acceptors (Lipinski definition) is 6. The Labute approximate surface area is 172 Å². The summed E-state index contributed by atoms with van der Waals surface area (Å²) in [6.45, 7) is 5.21. The molecule has 0 saturated carbocycles. The molecule has 1 aromatic heterocycles. The number of esters is 1. The van der Waals surface area contributed by atoms with E-state index in [1.807, 2.05) is 0 Å². The number of ether oxygens (including phenoxy) is 2. The van der Waals surface area contributed by atoms with E-state index in [0.29, 0.717) is 12.5 Å². The second kappa shape index (κ2) is 13.5. The minimum Gasteiger partial charge on any atom is -0.469 e.